The van der Waals surface area contributed by atoms with Gasteiger partial charge in [0.15, 0.2) is 12.4 Å². The average Bonchev–Trinajstić information content (AvgIpc) is 2.69. The highest BCUT2D eigenvalue weighted by Crippen LogP contribution is 2.01. The van der Waals surface area contributed by atoms with Crippen LogP contribution in [0.5, 0.6) is 0 Å². The Balaban J connectivity index is 2.36. The molecule has 0 aliphatic heterocycles. The number of rotatable bonds is 10. The Labute approximate surface area is 164 Å². The highest BCUT2D eigenvalue weighted by molar-refractivity contribution is 5.78. The second-order valence-electron chi connectivity index (χ2n) is 5.82. The smallest absolute Gasteiger partial charge is 0.204 e. The fourth-order valence-corrected chi connectivity index (χ4v) is 2.12. The van der Waals surface area contributed by atoms with Crippen molar-refractivity contribution in [2.75, 3.05) is 40.3 Å². The molecule has 0 unspecified atom stereocenters. The first-order valence-corrected chi connectivity index (χ1v) is 8.59. The molecule has 0 radical (unpaired) electrons. The summed E-state index contributed by atoms with van der Waals surface area (Å²) < 4.78 is 0. The third kappa shape index (κ3) is 8.27. The van der Waals surface area contributed by atoms with E-state index in [0.29, 0.717) is 39.3 Å². The first kappa shape index (κ1) is 22.6. The van der Waals surface area contributed by atoms with Crippen LogP contribution in [0.3, 0.4) is 0 Å². The number of hydrogen-bond donors (Lipinski definition) is 6. The minimum atomic E-state index is 0.0525. The Morgan fingerprint density at radius 1 is 0.893 bits per heavy atom. The normalized spacial score (nSPS) is 9.71. The van der Waals surface area contributed by atoms with Gasteiger partial charge in [-0.25, -0.2) is 0 Å². The summed E-state index contributed by atoms with van der Waals surface area (Å²) in [6.45, 7) is 3.44. The highest BCUT2D eigenvalue weighted by atomic mass is 15.3. The van der Waals surface area contributed by atoms with Crippen molar-refractivity contribution in [2.24, 2.45) is 0 Å². The van der Waals surface area contributed by atoms with E-state index < -0.39 is 0 Å². The van der Waals surface area contributed by atoms with Crippen LogP contribution in [0.4, 0.5) is 0 Å². The van der Waals surface area contributed by atoms with Crippen molar-refractivity contribution in [3.63, 3.8) is 0 Å². The molecule has 0 aliphatic carbocycles. The number of hydrogen-bond acceptors (Lipinski definition) is 8. The summed E-state index contributed by atoms with van der Waals surface area (Å²) in [6.07, 6.45) is 6.72. The Kier molecular flexibility index (Phi) is 10.3. The van der Waals surface area contributed by atoms with Crippen LogP contribution in [0.25, 0.3) is 0 Å². The van der Waals surface area contributed by atoms with Gasteiger partial charge >= 0.3 is 0 Å². The van der Waals surface area contributed by atoms with Gasteiger partial charge in [0.1, 0.15) is 0 Å². The van der Waals surface area contributed by atoms with Crippen LogP contribution in [0.2, 0.25) is 0 Å². The van der Waals surface area contributed by atoms with Crippen molar-refractivity contribution in [1.29, 1.82) is 21.3 Å². The van der Waals surface area contributed by atoms with Crippen LogP contribution in [-0.2, 0) is 13.1 Å². The lowest BCUT2D eigenvalue weighted by molar-refractivity contribution is 0.462. The molecule has 1 aromatic heterocycles. The maximum absolute atomic E-state index is 8.51. The van der Waals surface area contributed by atoms with Crippen LogP contribution in [0.15, 0.2) is 12.4 Å². The van der Waals surface area contributed by atoms with Gasteiger partial charge in [-0.2, -0.15) is 10.5 Å². The van der Waals surface area contributed by atoms with Gasteiger partial charge in [0, 0.05) is 65.8 Å². The van der Waals surface area contributed by atoms with Gasteiger partial charge < -0.3 is 20.4 Å². The molecule has 0 fully saturated rings. The van der Waals surface area contributed by atoms with Crippen molar-refractivity contribution in [1.82, 2.24) is 41.0 Å². The van der Waals surface area contributed by atoms with E-state index in [1.807, 2.05) is 0 Å². The Hall–Kier alpha value is -3.48. The number of guanidine groups is 2. The first-order chi connectivity index (χ1) is 13.5. The number of aromatic nitrogens is 2. The molecular weight excluding hydrogens is 360 g/mol. The van der Waals surface area contributed by atoms with Gasteiger partial charge in [0.05, 0.1) is 11.4 Å². The second-order valence-corrected chi connectivity index (χ2v) is 5.82. The van der Waals surface area contributed by atoms with Crippen molar-refractivity contribution < 1.29 is 0 Å². The molecule has 12 heteroatoms. The predicted molar refractivity (Wildman–Crippen MR) is 104 cm³/mol. The van der Waals surface area contributed by atoms with E-state index in [9.17, 15) is 0 Å². The molecular formula is C16H26N12. The van der Waals surface area contributed by atoms with Gasteiger partial charge in [0.25, 0.3) is 0 Å². The zero-order valence-corrected chi connectivity index (χ0v) is 16.1. The molecule has 0 aromatic carbocycles. The highest BCUT2D eigenvalue weighted by Gasteiger charge is 2.07. The Bertz CT molecular complexity index is 658. The molecule has 0 atom stereocenters. The number of nitriles is 2. The van der Waals surface area contributed by atoms with E-state index in [1.165, 1.54) is 0 Å². The van der Waals surface area contributed by atoms with E-state index >= 15 is 0 Å². The molecule has 150 valence electrons. The number of likely N-dealkylation sites (N-methyl/N-ethyl adjacent to an activating group) is 2. The van der Waals surface area contributed by atoms with Crippen molar-refractivity contribution >= 4 is 11.9 Å². The zero-order valence-electron chi connectivity index (χ0n) is 16.1. The van der Waals surface area contributed by atoms with Crippen molar-refractivity contribution in [3.05, 3.63) is 23.8 Å². The summed E-state index contributed by atoms with van der Waals surface area (Å²) in [7, 11) is 3.46. The van der Waals surface area contributed by atoms with E-state index in [-0.39, 0.29) is 11.9 Å². The molecule has 0 amide bonds. The zero-order chi connectivity index (χ0) is 20.8. The van der Waals surface area contributed by atoms with E-state index in [0.717, 1.165) is 11.4 Å². The minimum Gasteiger partial charge on any atom is -0.344 e. The summed E-state index contributed by atoms with van der Waals surface area (Å²) in [6, 6.07) is 0. The molecule has 0 bridgehead atoms. The molecule has 0 saturated heterocycles. The van der Waals surface area contributed by atoms with Gasteiger partial charge in [-0.1, -0.05) is 0 Å². The third-order valence-corrected chi connectivity index (χ3v) is 3.81. The molecule has 0 spiro atoms. The lowest BCUT2D eigenvalue weighted by Gasteiger charge is -2.19. The molecule has 12 nitrogen and oxygen atoms in total. The van der Waals surface area contributed by atoms with E-state index in [2.05, 4.69) is 31.2 Å². The lowest BCUT2D eigenvalue weighted by Crippen LogP contribution is -2.39. The molecule has 6 N–H and O–H groups in total. The number of nitrogens with one attached hydrogen (secondary N) is 6. The van der Waals surface area contributed by atoms with Gasteiger partial charge in [-0.15, -0.1) is 0 Å². The van der Waals surface area contributed by atoms with Crippen molar-refractivity contribution in [2.45, 2.75) is 13.1 Å². The minimum absolute atomic E-state index is 0.0525. The first-order valence-electron chi connectivity index (χ1n) is 8.59. The topological polar surface area (TPSA) is 176 Å². The van der Waals surface area contributed by atoms with Crippen LogP contribution in [0, 0.1) is 33.7 Å². The maximum Gasteiger partial charge on any atom is 0.204 e. The van der Waals surface area contributed by atoms with Crippen LogP contribution in [-0.4, -0.2) is 72.0 Å². The SMILES string of the molecule is CN(CCNCc1nccnc1CNCCN(C)C(=N)NC#N)C(=N)NC#N. The second kappa shape index (κ2) is 12.8. The number of nitrogens with zero attached hydrogens (tertiary/aromatic N) is 6. The maximum atomic E-state index is 8.51. The summed E-state index contributed by atoms with van der Waals surface area (Å²) >= 11 is 0. The Morgan fingerprint density at radius 2 is 1.29 bits per heavy atom. The van der Waals surface area contributed by atoms with Gasteiger partial charge in [-0.3, -0.25) is 31.4 Å². The summed E-state index contributed by atoms with van der Waals surface area (Å²) in [5.74, 6) is 0.105. The Morgan fingerprint density at radius 3 is 1.64 bits per heavy atom. The molecule has 0 saturated carbocycles. The summed E-state index contributed by atoms with van der Waals surface area (Å²) in [4.78, 5) is 12.0. The summed E-state index contributed by atoms with van der Waals surface area (Å²) in [5, 5.41) is 43.3. The predicted octanol–water partition coefficient (Wildman–Crippen LogP) is -1.47. The fraction of sp³-hybridized carbons (Fsp3) is 0.500. The molecule has 1 aromatic rings. The van der Waals surface area contributed by atoms with Crippen LogP contribution in [0.1, 0.15) is 11.4 Å². The van der Waals surface area contributed by atoms with Gasteiger partial charge in [0.2, 0.25) is 11.9 Å². The third-order valence-electron chi connectivity index (χ3n) is 3.81. The van der Waals surface area contributed by atoms with E-state index in [1.54, 1.807) is 48.7 Å². The monoisotopic (exact) mass is 386 g/mol. The molecule has 1 heterocycles. The summed E-state index contributed by atoms with van der Waals surface area (Å²) in [5.41, 5.74) is 1.66. The van der Waals surface area contributed by atoms with E-state index in [4.69, 9.17) is 21.3 Å². The van der Waals surface area contributed by atoms with Crippen molar-refractivity contribution in [3.8, 4) is 12.4 Å². The quantitative estimate of drug-likeness (QED) is 0.0915. The largest absolute Gasteiger partial charge is 0.344 e. The fourth-order valence-electron chi connectivity index (χ4n) is 2.12. The lowest BCUT2D eigenvalue weighted by atomic mass is 10.3. The average molecular weight is 386 g/mol. The van der Waals surface area contributed by atoms with Crippen LogP contribution < -0.4 is 21.3 Å². The standard InChI is InChI=1S/C16H26N12/c1-27(15(19)25-11-17)7-5-21-9-13-14(24-4-3-23-13)10-22-6-8-28(2)16(20)26-12-18/h3-4,21-22H,5-10H2,1-2H3,(H2,19,25)(H2,20,26). The van der Waals surface area contributed by atoms with Crippen LogP contribution >= 0.6 is 0 Å². The van der Waals surface area contributed by atoms with Gasteiger partial charge in [-0.05, 0) is 0 Å². The molecule has 28 heavy (non-hydrogen) atoms. The molecule has 0 aliphatic rings. The molecule has 1 rings (SSSR count).